The van der Waals surface area contributed by atoms with Gasteiger partial charge in [-0.05, 0) is 26.7 Å². The molecule has 1 amide bonds. The number of ether oxygens (including phenoxy) is 1. The molecule has 122 valence electrons. The van der Waals surface area contributed by atoms with Crippen LogP contribution in [0.1, 0.15) is 42.3 Å². The number of nitrogens with one attached hydrogen (secondary N) is 1. The van der Waals surface area contributed by atoms with Crippen LogP contribution in [-0.4, -0.2) is 29.1 Å². The fourth-order valence-electron chi connectivity index (χ4n) is 4.08. The van der Waals surface area contributed by atoms with E-state index in [1.54, 1.807) is 11.3 Å². The van der Waals surface area contributed by atoms with E-state index >= 15 is 0 Å². The van der Waals surface area contributed by atoms with Crippen molar-refractivity contribution in [3.63, 3.8) is 0 Å². The van der Waals surface area contributed by atoms with Gasteiger partial charge in [0.15, 0.2) is 0 Å². The average Bonchev–Trinajstić information content (AvgIpc) is 2.81. The Balaban J connectivity index is 1.72. The van der Waals surface area contributed by atoms with Crippen LogP contribution in [0.5, 0.6) is 0 Å². The average molecular weight is 323 g/mol. The maximum Gasteiger partial charge on any atom is 0.241 e. The summed E-state index contributed by atoms with van der Waals surface area (Å²) in [4.78, 5) is 18.3. The summed E-state index contributed by atoms with van der Waals surface area (Å²) in [6.07, 6.45) is 2.05. The number of thiazole rings is 1. The van der Waals surface area contributed by atoms with Crippen molar-refractivity contribution in [2.45, 2.75) is 58.7 Å². The van der Waals surface area contributed by atoms with Crippen LogP contribution in [0.4, 0.5) is 0 Å². The number of carbonyl (C=O) groups excluding carboxylic acids is 1. The molecule has 1 aromatic heterocycles. The number of fused-ring (bicyclic) bond motifs is 1. The standard InChI is InChI=1S/C16H25N3O2S/c1-9-12(22-10(2)19-9)8-18-14(20)16(17)11-6-5-7-21-13(11)15(16,3)4/h11,13H,5-8,17H2,1-4H3,(H,18,20). The molecule has 5 nitrogen and oxygen atoms in total. The molecule has 0 spiro atoms. The number of amides is 1. The zero-order valence-corrected chi connectivity index (χ0v) is 14.5. The third-order valence-electron chi connectivity index (χ3n) is 5.47. The predicted octanol–water partition coefficient (Wildman–Crippen LogP) is 1.91. The minimum atomic E-state index is -0.842. The molecule has 0 bridgehead atoms. The van der Waals surface area contributed by atoms with Crippen LogP contribution >= 0.6 is 11.3 Å². The number of carbonyl (C=O) groups is 1. The fourth-order valence-corrected chi connectivity index (χ4v) is 4.96. The molecule has 3 atom stereocenters. The minimum absolute atomic E-state index is 0.0605. The predicted molar refractivity (Wildman–Crippen MR) is 86.6 cm³/mol. The first-order valence-corrected chi connectivity index (χ1v) is 8.72. The lowest BCUT2D eigenvalue weighted by molar-refractivity contribution is -0.225. The van der Waals surface area contributed by atoms with Crippen LogP contribution in [0.3, 0.4) is 0 Å². The maximum absolute atomic E-state index is 12.8. The van der Waals surface area contributed by atoms with Gasteiger partial charge in [-0.1, -0.05) is 13.8 Å². The first kappa shape index (κ1) is 15.9. The molecule has 0 aromatic carbocycles. The molecule has 6 heteroatoms. The molecule has 1 saturated heterocycles. The van der Waals surface area contributed by atoms with Gasteiger partial charge in [-0.3, -0.25) is 4.79 Å². The second kappa shape index (κ2) is 5.28. The molecule has 1 aliphatic heterocycles. The first-order chi connectivity index (χ1) is 10.3. The van der Waals surface area contributed by atoms with Crippen LogP contribution in [0.25, 0.3) is 0 Å². The summed E-state index contributed by atoms with van der Waals surface area (Å²) in [5.74, 6) is 0.0650. The Labute approximate surface area is 135 Å². The molecule has 1 aliphatic carbocycles. The van der Waals surface area contributed by atoms with Crippen molar-refractivity contribution < 1.29 is 9.53 Å². The Kier molecular flexibility index (Phi) is 3.82. The molecule has 1 aromatic rings. The molecule has 1 saturated carbocycles. The van der Waals surface area contributed by atoms with Gasteiger partial charge in [-0.2, -0.15) is 0 Å². The highest BCUT2D eigenvalue weighted by Gasteiger charge is 2.70. The molecular weight excluding hydrogens is 298 g/mol. The summed E-state index contributed by atoms with van der Waals surface area (Å²) in [6.45, 7) is 9.32. The number of nitrogens with two attached hydrogens (primary N) is 1. The van der Waals surface area contributed by atoms with E-state index in [4.69, 9.17) is 10.5 Å². The highest BCUT2D eigenvalue weighted by Crippen LogP contribution is 2.57. The fraction of sp³-hybridized carbons (Fsp3) is 0.750. The zero-order valence-electron chi connectivity index (χ0n) is 13.7. The Morgan fingerprint density at radius 3 is 2.86 bits per heavy atom. The Morgan fingerprint density at radius 1 is 1.50 bits per heavy atom. The van der Waals surface area contributed by atoms with E-state index in [1.807, 2.05) is 27.7 Å². The van der Waals surface area contributed by atoms with Crippen LogP contribution in [0.15, 0.2) is 0 Å². The van der Waals surface area contributed by atoms with E-state index in [9.17, 15) is 4.79 Å². The van der Waals surface area contributed by atoms with Gasteiger partial charge in [0, 0.05) is 22.8 Å². The lowest BCUT2D eigenvalue weighted by Crippen LogP contribution is -2.82. The van der Waals surface area contributed by atoms with Crippen LogP contribution in [0, 0.1) is 25.2 Å². The number of hydrogen-bond donors (Lipinski definition) is 2. The largest absolute Gasteiger partial charge is 0.377 e. The van der Waals surface area contributed by atoms with Gasteiger partial charge in [0.1, 0.15) is 5.54 Å². The second-order valence-corrected chi connectivity index (χ2v) is 8.34. The van der Waals surface area contributed by atoms with Gasteiger partial charge < -0.3 is 15.8 Å². The van der Waals surface area contributed by atoms with Crippen molar-refractivity contribution >= 4 is 17.2 Å². The molecule has 2 heterocycles. The third kappa shape index (κ3) is 2.12. The number of nitrogens with zero attached hydrogens (tertiary/aromatic N) is 1. The van der Waals surface area contributed by atoms with Crippen molar-refractivity contribution in [2.75, 3.05) is 6.61 Å². The van der Waals surface area contributed by atoms with Gasteiger partial charge in [-0.15, -0.1) is 11.3 Å². The molecular formula is C16H25N3O2S. The highest BCUT2D eigenvalue weighted by molar-refractivity contribution is 7.11. The third-order valence-corrected chi connectivity index (χ3v) is 6.54. The molecule has 0 radical (unpaired) electrons. The molecule has 3 N–H and O–H groups in total. The number of aryl methyl sites for hydroxylation is 2. The SMILES string of the molecule is Cc1nc(C)c(CNC(=O)C2(N)C3CCCOC3C2(C)C)s1. The molecule has 22 heavy (non-hydrogen) atoms. The topological polar surface area (TPSA) is 77.2 Å². The van der Waals surface area contributed by atoms with E-state index in [0.717, 1.165) is 35.0 Å². The summed E-state index contributed by atoms with van der Waals surface area (Å²) >= 11 is 1.62. The minimum Gasteiger partial charge on any atom is -0.377 e. The van der Waals surface area contributed by atoms with Crippen molar-refractivity contribution in [1.29, 1.82) is 0 Å². The normalized spacial score (nSPS) is 33.0. The monoisotopic (exact) mass is 323 g/mol. The van der Waals surface area contributed by atoms with Crippen molar-refractivity contribution in [3.8, 4) is 0 Å². The summed E-state index contributed by atoms with van der Waals surface area (Å²) in [5, 5.41) is 4.06. The van der Waals surface area contributed by atoms with Crippen LogP contribution in [0.2, 0.25) is 0 Å². The van der Waals surface area contributed by atoms with Crippen molar-refractivity contribution in [2.24, 2.45) is 17.1 Å². The van der Waals surface area contributed by atoms with Crippen LogP contribution in [-0.2, 0) is 16.1 Å². The zero-order chi connectivity index (χ0) is 16.1. The van der Waals surface area contributed by atoms with Crippen molar-refractivity contribution in [1.82, 2.24) is 10.3 Å². The summed E-state index contributed by atoms with van der Waals surface area (Å²) in [7, 11) is 0. The maximum atomic E-state index is 12.8. The molecule has 3 rings (SSSR count). The van der Waals surface area contributed by atoms with E-state index in [-0.39, 0.29) is 23.3 Å². The highest BCUT2D eigenvalue weighted by atomic mass is 32.1. The second-order valence-electron chi connectivity index (χ2n) is 7.05. The van der Waals surface area contributed by atoms with Gasteiger partial charge in [0.2, 0.25) is 5.91 Å². The first-order valence-electron chi connectivity index (χ1n) is 7.90. The Hall–Kier alpha value is -0.980. The van der Waals surface area contributed by atoms with E-state index in [2.05, 4.69) is 10.3 Å². The number of rotatable bonds is 3. The van der Waals surface area contributed by atoms with Gasteiger partial charge in [0.25, 0.3) is 0 Å². The number of hydrogen-bond acceptors (Lipinski definition) is 5. The summed E-state index contributed by atoms with van der Waals surface area (Å²) in [6, 6.07) is 0. The summed E-state index contributed by atoms with van der Waals surface area (Å²) in [5.41, 5.74) is 6.39. The van der Waals surface area contributed by atoms with E-state index in [1.165, 1.54) is 0 Å². The Bertz CT molecular complexity index is 598. The van der Waals surface area contributed by atoms with Gasteiger partial charge in [0.05, 0.1) is 23.4 Å². The lowest BCUT2D eigenvalue weighted by atomic mass is 9.46. The summed E-state index contributed by atoms with van der Waals surface area (Å²) < 4.78 is 5.86. The van der Waals surface area contributed by atoms with Crippen LogP contribution < -0.4 is 11.1 Å². The lowest BCUT2D eigenvalue weighted by Gasteiger charge is -2.65. The van der Waals surface area contributed by atoms with Gasteiger partial charge in [-0.25, -0.2) is 4.98 Å². The molecule has 2 fully saturated rings. The number of aromatic nitrogens is 1. The van der Waals surface area contributed by atoms with E-state index < -0.39 is 5.54 Å². The van der Waals surface area contributed by atoms with Gasteiger partial charge >= 0.3 is 0 Å². The van der Waals surface area contributed by atoms with E-state index in [0.29, 0.717) is 6.54 Å². The molecule has 3 unspecified atom stereocenters. The smallest absolute Gasteiger partial charge is 0.241 e. The Morgan fingerprint density at radius 2 is 2.23 bits per heavy atom. The van der Waals surface area contributed by atoms with Crippen molar-refractivity contribution in [3.05, 3.63) is 15.6 Å². The quantitative estimate of drug-likeness (QED) is 0.891. The molecule has 2 aliphatic rings.